The Bertz CT molecular complexity index is 1710. The highest BCUT2D eigenvalue weighted by atomic mass is 31.1. The maximum atomic E-state index is 3.97. The third-order valence-corrected chi connectivity index (χ3v) is 21.9. The van der Waals surface area contributed by atoms with Crippen molar-refractivity contribution in [2.24, 2.45) is 56.2 Å². The second-order valence-electron chi connectivity index (χ2n) is 22.2. The molecule has 2 heteroatoms. The Hall–Kier alpha value is -1.48. The molecule has 278 valence electrons. The average Bonchev–Trinajstić information content (AvgIpc) is 3.06. The van der Waals surface area contributed by atoms with Crippen LogP contribution in [0.1, 0.15) is 141 Å². The summed E-state index contributed by atoms with van der Waals surface area (Å²) in [6.45, 7) is 20.5. The van der Waals surface area contributed by atoms with Crippen molar-refractivity contribution in [2.75, 3.05) is 0 Å². The smallest absolute Gasteiger partial charge is 0.0213 e. The van der Waals surface area contributed by atoms with Crippen molar-refractivity contribution in [1.82, 2.24) is 0 Å². The van der Waals surface area contributed by atoms with E-state index in [1.165, 1.54) is 88.2 Å². The second kappa shape index (κ2) is 12.0. The molecule has 0 heterocycles. The number of rotatable bonds is 7. The van der Waals surface area contributed by atoms with E-state index in [1.807, 2.05) is 0 Å². The van der Waals surface area contributed by atoms with Crippen molar-refractivity contribution in [1.29, 1.82) is 0 Å². The molecule has 0 spiro atoms. The van der Waals surface area contributed by atoms with Crippen molar-refractivity contribution in [3.05, 3.63) is 95.1 Å². The number of hydrogen-bond acceptors (Lipinski definition) is 0. The first-order chi connectivity index (χ1) is 24.5. The van der Waals surface area contributed by atoms with Crippen molar-refractivity contribution in [3.8, 4) is 0 Å². The molecule has 0 saturated heterocycles. The zero-order valence-corrected chi connectivity index (χ0v) is 36.0. The predicted octanol–water partition coefficient (Wildman–Crippen LogP) is 13.3. The van der Waals surface area contributed by atoms with E-state index in [-0.39, 0.29) is 5.16 Å². The van der Waals surface area contributed by atoms with Crippen molar-refractivity contribution in [2.45, 2.75) is 144 Å². The van der Waals surface area contributed by atoms with Crippen molar-refractivity contribution >= 4 is 27.8 Å². The van der Waals surface area contributed by atoms with Gasteiger partial charge < -0.3 is 0 Å². The van der Waals surface area contributed by atoms with Crippen LogP contribution < -0.4 is 10.6 Å². The Labute approximate surface area is 321 Å². The molecular weight excluding hydrogens is 662 g/mol. The normalized spacial score (nSPS) is 37.5. The van der Waals surface area contributed by atoms with Gasteiger partial charge in [0.15, 0.2) is 0 Å². The van der Waals surface area contributed by atoms with Crippen LogP contribution in [0.3, 0.4) is 0 Å². The molecule has 8 fully saturated rings. The minimum Gasteiger partial charge on any atom is -0.125 e. The maximum Gasteiger partial charge on any atom is 0.0213 e. The quantitative estimate of drug-likeness (QED) is 0.212. The van der Waals surface area contributed by atoms with E-state index in [2.05, 4.69) is 137 Å². The maximum absolute atomic E-state index is 3.97. The molecule has 5 unspecified atom stereocenters. The first-order valence-corrected chi connectivity index (χ1v) is 23.4. The van der Waals surface area contributed by atoms with Gasteiger partial charge in [-0.05, 0) is 188 Å². The SMILES string of the molecule is Cc1ccccc1P(Cc1ccccc1C(P)(C12CC3CC(CC(C(C)(C)C)(C3)C1)C2)C12CC3CC(CC(C(C)(C)C)(C3)C1)C2)c1ccccc1C. The average molecular weight is 731 g/mol. The molecule has 8 aliphatic carbocycles. The first kappa shape index (κ1) is 36.2. The molecule has 52 heavy (non-hydrogen) atoms. The highest BCUT2D eigenvalue weighted by Gasteiger charge is 2.74. The fourth-order valence-corrected chi connectivity index (χ4v) is 19.3. The van der Waals surface area contributed by atoms with E-state index in [0.717, 1.165) is 29.8 Å². The van der Waals surface area contributed by atoms with Gasteiger partial charge in [0.2, 0.25) is 0 Å². The molecule has 8 aliphatic rings. The Kier molecular flexibility index (Phi) is 8.36. The van der Waals surface area contributed by atoms with Gasteiger partial charge in [-0.3, -0.25) is 0 Å². The predicted molar refractivity (Wildman–Crippen MR) is 228 cm³/mol. The highest BCUT2D eigenvalue weighted by molar-refractivity contribution is 7.72. The zero-order chi connectivity index (χ0) is 36.5. The van der Waals surface area contributed by atoms with Gasteiger partial charge in [-0.25, -0.2) is 0 Å². The summed E-state index contributed by atoms with van der Waals surface area (Å²) in [7, 11) is 3.41. The Balaban J connectivity index is 1.27. The van der Waals surface area contributed by atoms with Crippen LogP contribution in [0.25, 0.3) is 0 Å². The third-order valence-electron chi connectivity index (χ3n) is 17.6. The van der Waals surface area contributed by atoms with Crippen LogP contribution in [0, 0.1) is 70.0 Å². The molecule has 5 atom stereocenters. The van der Waals surface area contributed by atoms with Crippen molar-refractivity contribution in [3.63, 3.8) is 0 Å². The fraction of sp³-hybridized carbons (Fsp3) is 0.640. The van der Waals surface area contributed by atoms with Gasteiger partial charge >= 0.3 is 0 Å². The molecule has 8 bridgehead atoms. The summed E-state index contributed by atoms with van der Waals surface area (Å²) in [5, 5.41) is 3.22. The van der Waals surface area contributed by atoms with E-state index in [0.29, 0.717) is 32.5 Å². The molecule has 11 rings (SSSR count). The number of aryl methyl sites for hydroxylation is 2. The summed E-state index contributed by atoms with van der Waals surface area (Å²) in [6, 6.07) is 28.9. The minimum atomic E-state index is -0.565. The summed E-state index contributed by atoms with van der Waals surface area (Å²) in [4.78, 5) is 0. The summed E-state index contributed by atoms with van der Waals surface area (Å²) < 4.78 is 0. The molecule has 0 radical (unpaired) electrons. The monoisotopic (exact) mass is 730 g/mol. The van der Waals surface area contributed by atoms with Crippen molar-refractivity contribution < 1.29 is 0 Å². The molecular formula is C50H68P2. The van der Waals surface area contributed by atoms with Gasteiger partial charge in [-0.2, -0.15) is 0 Å². The van der Waals surface area contributed by atoms with E-state index >= 15 is 0 Å². The fourth-order valence-electron chi connectivity index (χ4n) is 15.6. The minimum absolute atomic E-state index is 0.0809. The molecule has 0 aromatic heterocycles. The van der Waals surface area contributed by atoms with Crippen LogP contribution in [0.2, 0.25) is 0 Å². The second-order valence-corrected chi connectivity index (χ2v) is 25.2. The highest BCUT2D eigenvalue weighted by Crippen LogP contribution is 2.83. The van der Waals surface area contributed by atoms with E-state index in [4.69, 9.17) is 0 Å². The van der Waals surface area contributed by atoms with Gasteiger partial charge in [0.25, 0.3) is 0 Å². The van der Waals surface area contributed by atoms with Crippen LogP contribution in [-0.4, -0.2) is 0 Å². The van der Waals surface area contributed by atoms with E-state index in [1.54, 1.807) is 21.7 Å². The van der Waals surface area contributed by atoms with Crippen LogP contribution in [0.15, 0.2) is 72.8 Å². The summed E-state index contributed by atoms with van der Waals surface area (Å²) in [5.74, 6) is 3.59. The van der Waals surface area contributed by atoms with Crippen LogP contribution >= 0.6 is 17.2 Å². The molecule has 0 aliphatic heterocycles. The van der Waals surface area contributed by atoms with E-state index < -0.39 is 7.92 Å². The lowest BCUT2D eigenvalue weighted by molar-refractivity contribution is -0.228. The molecule has 8 saturated carbocycles. The van der Waals surface area contributed by atoms with Crippen LogP contribution in [0.4, 0.5) is 0 Å². The lowest BCUT2D eigenvalue weighted by atomic mass is 9.30. The zero-order valence-electron chi connectivity index (χ0n) is 34.0. The van der Waals surface area contributed by atoms with Gasteiger partial charge in [-0.1, -0.05) is 114 Å². The van der Waals surface area contributed by atoms with E-state index in [9.17, 15) is 0 Å². The van der Waals surface area contributed by atoms with Crippen LogP contribution in [0.5, 0.6) is 0 Å². The standard InChI is InChI=1S/C50H68P2/c1-34-15-9-13-19-42(34)52(43-20-14-10-16-35(43)2)31-40-17-11-12-18-41(40)50(51,48-27-36-21-37(28-48)24-46(23-36,32-48)44(3,4)5)49-29-38-22-39(30-49)26-47(25-38,33-49)45(6,7)8/h9-20,36-39H,21-33,51H2,1-8H3. The summed E-state index contributed by atoms with van der Waals surface area (Å²) in [5.41, 5.74) is 8.62. The van der Waals surface area contributed by atoms with Gasteiger partial charge in [-0.15, -0.1) is 9.24 Å². The summed E-state index contributed by atoms with van der Waals surface area (Å²) >= 11 is 0. The topological polar surface area (TPSA) is 0 Å². The summed E-state index contributed by atoms with van der Waals surface area (Å²) in [6.07, 6.45) is 18.8. The Morgan fingerprint density at radius 3 is 1.31 bits per heavy atom. The first-order valence-electron chi connectivity index (χ1n) is 21.3. The number of hydrogen-bond donors (Lipinski definition) is 0. The largest absolute Gasteiger partial charge is 0.125 e. The Morgan fingerprint density at radius 1 is 0.538 bits per heavy atom. The molecule has 3 aromatic rings. The molecule has 3 aromatic carbocycles. The third kappa shape index (κ3) is 5.17. The molecule has 0 amide bonds. The molecule has 0 N–H and O–H groups in total. The lowest BCUT2D eigenvalue weighted by Crippen LogP contribution is -2.69. The lowest BCUT2D eigenvalue weighted by Gasteiger charge is -2.77. The molecule has 0 nitrogen and oxygen atoms in total. The van der Waals surface area contributed by atoms with Gasteiger partial charge in [0.05, 0.1) is 0 Å². The number of benzene rings is 3. The van der Waals surface area contributed by atoms with Gasteiger partial charge in [0.1, 0.15) is 0 Å². The van der Waals surface area contributed by atoms with Gasteiger partial charge in [0, 0.05) is 11.3 Å². The van der Waals surface area contributed by atoms with Crippen LogP contribution in [-0.2, 0) is 11.3 Å². The Morgan fingerprint density at radius 2 is 0.904 bits per heavy atom.